The summed E-state index contributed by atoms with van der Waals surface area (Å²) in [5.74, 6) is 0. The first-order valence-corrected chi connectivity index (χ1v) is 9.35. The number of anilines is 2. The van der Waals surface area contributed by atoms with Gasteiger partial charge in [-0.15, -0.1) is 0 Å². The van der Waals surface area contributed by atoms with Crippen molar-refractivity contribution >= 4 is 21.4 Å². The zero-order chi connectivity index (χ0) is 16.9. The van der Waals surface area contributed by atoms with Crippen LogP contribution in [0.4, 0.5) is 11.4 Å². The van der Waals surface area contributed by atoms with Crippen molar-refractivity contribution in [2.45, 2.75) is 26.6 Å². The lowest BCUT2D eigenvalue weighted by atomic mass is 10.1. The van der Waals surface area contributed by atoms with Gasteiger partial charge in [-0.1, -0.05) is 30.3 Å². The first-order chi connectivity index (χ1) is 10.8. The van der Waals surface area contributed by atoms with Crippen LogP contribution < -0.4 is 15.4 Å². The van der Waals surface area contributed by atoms with E-state index in [1.807, 2.05) is 43.3 Å². The molecule has 0 amide bonds. The molecule has 0 fully saturated rings. The van der Waals surface area contributed by atoms with Gasteiger partial charge >= 0.3 is 0 Å². The zero-order valence-corrected chi connectivity index (χ0v) is 14.4. The molecule has 2 rings (SSSR count). The monoisotopic (exact) mass is 333 g/mol. The molecule has 1 unspecified atom stereocenters. The van der Waals surface area contributed by atoms with Gasteiger partial charge in [-0.2, -0.15) is 4.72 Å². The Balaban J connectivity index is 1.97. The number of sulfonamides is 1. The maximum atomic E-state index is 11.2. The number of hydrogen-bond acceptors (Lipinski definition) is 4. The maximum Gasteiger partial charge on any atom is 0.210 e. The molecular formula is C17H23N3O2S. The van der Waals surface area contributed by atoms with Crippen molar-refractivity contribution in [2.75, 3.05) is 16.9 Å². The summed E-state index contributed by atoms with van der Waals surface area (Å²) >= 11 is 0. The van der Waals surface area contributed by atoms with Gasteiger partial charge < -0.3 is 10.6 Å². The van der Waals surface area contributed by atoms with Crippen molar-refractivity contribution < 1.29 is 8.42 Å². The summed E-state index contributed by atoms with van der Waals surface area (Å²) < 4.78 is 24.9. The van der Waals surface area contributed by atoms with E-state index < -0.39 is 10.0 Å². The van der Waals surface area contributed by atoms with E-state index in [0.717, 1.165) is 29.7 Å². The Morgan fingerprint density at radius 1 is 1.09 bits per heavy atom. The summed E-state index contributed by atoms with van der Waals surface area (Å²) in [5.41, 5.74) is 4.25. The fourth-order valence-corrected chi connectivity index (χ4v) is 3.05. The second-order valence-electron chi connectivity index (χ2n) is 5.62. The topological polar surface area (TPSA) is 70.2 Å². The molecule has 0 radical (unpaired) electrons. The molecule has 124 valence electrons. The van der Waals surface area contributed by atoms with Gasteiger partial charge in [-0.05, 0) is 43.2 Å². The second kappa shape index (κ2) is 7.48. The van der Waals surface area contributed by atoms with Gasteiger partial charge in [-0.25, -0.2) is 8.42 Å². The fourth-order valence-electron chi connectivity index (χ4n) is 2.35. The lowest BCUT2D eigenvalue weighted by Crippen LogP contribution is -2.37. The first-order valence-electron chi connectivity index (χ1n) is 7.46. The van der Waals surface area contributed by atoms with Crippen LogP contribution in [-0.4, -0.2) is 20.8 Å². The van der Waals surface area contributed by atoms with Crippen LogP contribution in [0, 0.1) is 6.92 Å². The fraction of sp³-hybridized carbons (Fsp3) is 0.294. The highest BCUT2D eigenvalue weighted by Crippen LogP contribution is 2.20. The van der Waals surface area contributed by atoms with Gasteiger partial charge in [0.15, 0.2) is 0 Å². The maximum absolute atomic E-state index is 11.2. The Kier molecular flexibility index (Phi) is 5.63. The molecule has 0 aliphatic heterocycles. The van der Waals surface area contributed by atoms with E-state index >= 15 is 0 Å². The van der Waals surface area contributed by atoms with E-state index in [9.17, 15) is 8.42 Å². The van der Waals surface area contributed by atoms with Crippen molar-refractivity contribution in [1.29, 1.82) is 0 Å². The van der Waals surface area contributed by atoms with E-state index in [0.29, 0.717) is 0 Å². The summed E-state index contributed by atoms with van der Waals surface area (Å²) in [6.07, 6.45) is 0.778. The Morgan fingerprint density at radius 3 is 2.39 bits per heavy atom. The second-order valence-corrected chi connectivity index (χ2v) is 7.40. The molecule has 6 heteroatoms. The van der Waals surface area contributed by atoms with Gasteiger partial charge in [0.1, 0.15) is 0 Å². The third kappa shape index (κ3) is 5.92. The molecule has 0 heterocycles. The molecule has 5 nitrogen and oxygen atoms in total. The number of hydrogen-bond donors (Lipinski definition) is 3. The minimum absolute atomic E-state index is 0.368. The lowest BCUT2D eigenvalue weighted by molar-refractivity contribution is 0.578. The normalized spacial score (nSPS) is 12.7. The van der Waals surface area contributed by atoms with Crippen LogP contribution in [-0.2, 0) is 16.6 Å². The molecule has 23 heavy (non-hydrogen) atoms. The smallest absolute Gasteiger partial charge is 0.210 e. The molecule has 0 spiro atoms. The van der Waals surface area contributed by atoms with E-state index in [1.165, 1.54) is 5.56 Å². The largest absolute Gasteiger partial charge is 0.381 e. The Hall–Kier alpha value is -2.05. The third-order valence-corrected chi connectivity index (χ3v) is 4.11. The molecular weight excluding hydrogens is 310 g/mol. The molecule has 1 atom stereocenters. The SMILES string of the molecule is Cc1cc(NC(C)NS(C)(=O)=O)ccc1NCc1ccccc1. The standard InChI is InChI=1S/C17H23N3O2S/c1-13-11-16(19-14(2)20-23(3,21)22)9-10-17(13)18-12-15-7-5-4-6-8-15/h4-11,14,18-20H,12H2,1-3H3. The van der Waals surface area contributed by atoms with Gasteiger partial charge in [0.05, 0.1) is 12.4 Å². The predicted molar refractivity (Wildman–Crippen MR) is 96.0 cm³/mol. The highest BCUT2D eigenvalue weighted by Gasteiger charge is 2.08. The Bertz CT molecular complexity index is 746. The molecule has 3 N–H and O–H groups in total. The van der Waals surface area contributed by atoms with Crippen molar-refractivity contribution in [3.63, 3.8) is 0 Å². The van der Waals surface area contributed by atoms with Crippen LogP contribution in [0.5, 0.6) is 0 Å². The highest BCUT2D eigenvalue weighted by molar-refractivity contribution is 7.88. The third-order valence-electron chi connectivity index (χ3n) is 3.33. The van der Waals surface area contributed by atoms with E-state index in [4.69, 9.17) is 0 Å². The van der Waals surface area contributed by atoms with Crippen molar-refractivity contribution in [2.24, 2.45) is 0 Å². The highest BCUT2D eigenvalue weighted by atomic mass is 32.2. The summed E-state index contributed by atoms with van der Waals surface area (Å²) in [7, 11) is -3.23. The predicted octanol–water partition coefficient (Wildman–Crippen LogP) is 2.91. The number of benzene rings is 2. The molecule has 0 bridgehead atoms. The molecule has 0 saturated carbocycles. The van der Waals surface area contributed by atoms with Crippen LogP contribution in [0.3, 0.4) is 0 Å². The van der Waals surface area contributed by atoms with Crippen molar-refractivity contribution in [3.05, 3.63) is 59.7 Å². The molecule has 0 aliphatic carbocycles. The van der Waals surface area contributed by atoms with Crippen LogP contribution >= 0.6 is 0 Å². The number of nitrogens with one attached hydrogen (secondary N) is 3. The van der Waals surface area contributed by atoms with Crippen molar-refractivity contribution in [3.8, 4) is 0 Å². The van der Waals surface area contributed by atoms with Crippen LogP contribution in [0.1, 0.15) is 18.1 Å². The molecule has 2 aromatic rings. The minimum atomic E-state index is -3.23. The van der Waals surface area contributed by atoms with Gasteiger partial charge in [0, 0.05) is 17.9 Å². The van der Waals surface area contributed by atoms with Crippen LogP contribution in [0.25, 0.3) is 0 Å². The average molecular weight is 333 g/mol. The minimum Gasteiger partial charge on any atom is -0.381 e. The number of rotatable bonds is 7. The average Bonchev–Trinajstić information content (AvgIpc) is 2.45. The summed E-state index contributed by atoms with van der Waals surface area (Å²) in [5, 5.41) is 6.53. The van der Waals surface area contributed by atoms with Gasteiger partial charge in [0.2, 0.25) is 10.0 Å². The Labute approximate surface area is 138 Å². The number of aryl methyl sites for hydroxylation is 1. The molecule has 0 aromatic heterocycles. The van der Waals surface area contributed by atoms with E-state index in [1.54, 1.807) is 6.92 Å². The summed E-state index contributed by atoms with van der Waals surface area (Å²) in [4.78, 5) is 0. The van der Waals surface area contributed by atoms with Crippen LogP contribution in [0.2, 0.25) is 0 Å². The van der Waals surface area contributed by atoms with Gasteiger partial charge in [-0.3, -0.25) is 0 Å². The molecule has 0 aliphatic rings. The van der Waals surface area contributed by atoms with E-state index in [-0.39, 0.29) is 6.17 Å². The van der Waals surface area contributed by atoms with Crippen molar-refractivity contribution in [1.82, 2.24) is 4.72 Å². The first kappa shape index (κ1) is 17.3. The van der Waals surface area contributed by atoms with Crippen LogP contribution in [0.15, 0.2) is 48.5 Å². The molecule has 2 aromatic carbocycles. The van der Waals surface area contributed by atoms with Gasteiger partial charge in [0.25, 0.3) is 0 Å². The van der Waals surface area contributed by atoms with E-state index in [2.05, 4.69) is 27.5 Å². The quantitative estimate of drug-likeness (QED) is 0.682. The lowest BCUT2D eigenvalue weighted by Gasteiger charge is -2.17. The Morgan fingerprint density at radius 2 is 1.78 bits per heavy atom. The molecule has 0 saturated heterocycles. The summed E-state index contributed by atoms with van der Waals surface area (Å²) in [6, 6.07) is 16.1. The summed E-state index contributed by atoms with van der Waals surface area (Å²) in [6.45, 7) is 4.55. The zero-order valence-electron chi connectivity index (χ0n) is 13.6.